The number of benzene rings is 1. The Bertz CT molecular complexity index is 449. The molecule has 2 heteroatoms. The molecule has 0 heterocycles. The first-order valence-corrected chi connectivity index (χ1v) is 8.50. The third-order valence-corrected chi connectivity index (χ3v) is 4.81. The highest BCUT2D eigenvalue weighted by molar-refractivity contribution is 5.37. The molecule has 1 aliphatic rings. The minimum Gasteiger partial charge on any atom is -0.377 e. The molecule has 1 aromatic rings. The predicted octanol–water partition coefficient (Wildman–Crippen LogP) is 4.61. The third-order valence-electron chi connectivity index (χ3n) is 4.81. The molecule has 1 N–H and O–H groups in total. The predicted molar refractivity (Wildman–Crippen MR) is 89.9 cm³/mol. The second-order valence-electron chi connectivity index (χ2n) is 6.60. The van der Waals surface area contributed by atoms with E-state index < -0.39 is 0 Å². The molecular weight excluding hydrogens is 258 g/mol. The fourth-order valence-corrected chi connectivity index (χ4v) is 3.29. The van der Waals surface area contributed by atoms with Gasteiger partial charge in [0.15, 0.2) is 0 Å². The van der Waals surface area contributed by atoms with Crippen molar-refractivity contribution in [2.45, 2.75) is 71.9 Å². The first kappa shape index (κ1) is 16.5. The van der Waals surface area contributed by atoms with E-state index >= 15 is 0 Å². The van der Waals surface area contributed by atoms with Crippen LogP contribution in [0, 0.1) is 20.8 Å². The van der Waals surface area contributed by atoms with Crippen molar-refractivity contribution < 1.29 is 4.74 Å². The van der Waals surface area contributed by atoms with Crippen molar-refractivity contribution in [1.82, 2.24) is 5.32 Å². The fourth-order valence-electron chi connectivity index (χ4n) is 3.29. The van der Waals surface area contributed by atoms with E-state index in [1.54, 1.807) is 0 Å². The van der Waals surface area contributed by atoms with Crippen LogP contribution >= 0.6 is 0 Å². The Morgan fingerprint density at radius 3 is 2.43 bits per heavy atom. The molecule has 1 aromatic carbocycles. The summed E-state index contributed by atoms with van der Waals surface area (Å²) < 4.78 is 5.98. The van der Waals surface area contributed by atoms with Gasteiger partial charge in [-0.15, -0.1) is 0 Å². The molecule has 0 saturated heterocycles. The zero-order chi connectivity index (χ0) is 15.2. The highest BCUT2D eigenvalue weighted by atomic mass is 16.5. The maximum atomic E-state index is 5.98. The van der Waals surface area contributed by atoms with Crippen LogP contribution in [0.1, 0.15) is 67.3 Å². The summed E-state index contributed by atoms with van der Waals surface area (Å²) in [5.41, 5.74) is 5.55. The molecule has 0 radical (unpaired) electrons. The molecule has 0 bridgehead atoms. The molecule has 0 aliphatic heterocycles. The number of aryl methyl sites for hydroxylation is 3. The first-order valence-electron chi connectivity index (χ1n) is 8.50. The standard InChI is InChI=1S/C19H31NO/c1-14-12-16(3)19(13-15(14)2)17(4)20-10-11-21-18-8-6-5-7-9-18/h12-13,17-18,20H,5-11H2,1-4H3. The quantitative estimate of drug-likeness (QED) is 0.772. The number of nitrogens with one attached hydrogen (secondary N) is 1. The molecule has 1 aliphatic carbocycles. The lowest BCUT2D eigenvalue weighted by atomic mass is 9.96. The highest BCUT2D eigenvalue weighted by Gasteiger charge is 2.14. The molecule has 0 amide bonds. The van der Waals surface area contributed by atoms with Gasteiger partial charge in [-0.2, -0.15) is 0 Å². The van der Waals surface area contributed by atoms with Crippen molar-refractivity contribution >= 4 is 0 Å². The summed E-state index contributed by atoms with van der Waals surface area (Å²) in [4.78, 5) is 0. The van der Waals surface area contributed by atoms with Gasteiger partial charge in [0.05, 0.1) is 12.7 Å². The largest absolute Gasteiger partial charge is 0.377 e. The van der Waals surface area contributed by atoms with Crippen molar-refractivity contribution in [3.05, 3.63) is 34.4 Å². The lowest BCUT2D eigenvalue weighted by Gasteiger charge is -2.23. The second-order valence-corrected chi connectivity index (χ2v) is 6.60. The van der Waals surface area contributed by atoms with Gasteiger partial charge in [-0.25, -0.2) is 0 Å². The average Bonchev–Trinajstić information content (AvgIpc) is 2.48. The SMILES string of the molecule is Cc1cc(C)c(C(C)NCCOC2CCCCC2)cc1C. The Morgan fingerprint density at radius 1 is 1.05 bits per heavy atom. The van der Waals surface area contributed by atoms with Gasteiger partial charge in [-0.3, -0.25) is 0 Å². The third kappa shape index (κ3) is 4.82. The van der Waals surface area contributed by atoms with Crippen LogP contribution in [0.15, 0.2) is 12.1 Å². The number of hydrogen-bond acceptors (Lipinski definition) is 2. The van der Waals surface area contributed by atoms with Crippen LogP contribution in [0.2, 0.25) is 0 Å². The first-order chi connectivity index (χ1) is 10.1. The van der Waals surface area contributed by atoms with E-state index in [1.807, 2.05) is 0 Å². The Hall–Kier alpha value is -0.860. The summed E-state index contributed by atoms with van der Waals surface area (Å²) >= 11 is 0. The molecular formula is C19H31NO. The molecule has 1 unspecified atom stereocenters. The Labute approximate surface area is 130 Å². The maximum Gasteiger partial charge on any atom is 0.0594 e. The van der Waals surface area contributed by atoms with Gasteiger partial charge in [0.25, 0.3) is 0 Å². The van der Waals surface area contributed by atoms with Crippen LogP contribution in [0.4, 0.5) is 0 Å². The van der Waals surface area contributed by atoms with Crippen LogP contribution in [-0.2, 0) is 4.74 Å². The van der Waals surface area contributed by atoms with Gasteiger partial charge < -0.3 is 10.1 Å². The molecule has 21 heavy (non-hydrogen) atoms. The zero-order valence-corrected chi connectivity index (χ0v) is 14.2. The van der Waals surface area contributed by atoms with Crippen molar-refractivity contribution in [1.29, 1.82) is 0 Å². The van der Waals surface area contributed by atoms with Crippen LogP contribution in [0.25, 0.3) is 0 Å². The second kappa shape index (κ2) is 7.95. The Balaban J connectivity index is 1.76. The lowest BCUT2D eigenvalue weighted by Crippen LogP contribution is -2.27. The summed E-state index contributed by atoms with van der Waals surface area (Å²) in [7, 11) is 0. The summed E-state index contributed by atoms with van der Waals surface area (Å²) in [5, 5.41) is 3.60. The summed E-state index contributed by atoms with van der Waals surface area (Å²) in [6, 6.07) is 5.00. The van der Waals surface area contributed by atoms with Crippen LogP contribution in [-0.4, -0.2) is 19.3 Å². The molecule has 0 aromatic heterocycles. The van der Waals surface area contributed by atoms with Gasteiger partial charge in [0.2, 0.25) is 0 Å². The van der Waals surface area contributed by atoms with Gasteiger partial charge >= 0.3 is 0 Å². The molecule has 1 saturated carbocycles. The average molecular weight is 289 g/mol. The van der Waals surface area contributed by atoms with E-state index in [1.165, 1.54) is 54.4 Å². The van der Waals surface area contributed by atoms with Gasteiger partial charge in [-0.05, 0) is 62.8 Å². The molecule has 1 atom stereocenters. The summed E-state index contributed by atoms with van der Waals surface area (Å²) in [6.45, 7) is 10.6. The molecule has 118 valence electrons. The Morgan fingerprint density at radius 2 is 1.71 bits per heavy atom. The van der Waals surface area contributed by atoms with E-state index in [2.05, 4.69) is 45.1 Å². The van der Waals surface area contributed by atoms with Gasteiger partial charge in [0, 0.05) is 12.6 Å². The molecule has 0 spiro atoms. The van der Waals surface area contributed by atoms with E-state index in [-0.39, 0.29) is 0 Å². The van der Waals surface area contributed by atoms with Gasteiger partial charge in [0.1, 0.15) is 0 Å². The van der Waals surface area contributed by atoms with E-state index in [0.29, 0.717) is 12.1 Å². The number of rotatable bonds is 6. The number of ether oxygens (including phenoxy) is 1. The van der Waals surface area contributed by atoms with E-state index in [9.17, 15) is 0 Å². The van der Waals surface area contributed by atoms with Crippen molar-refractivity contribution in [3.8, 4) is 0 Å². The van der Waals surface area contributed by atoms with E-state index in [0.717, 1.165) is 13.2 Å². The zero-order valence-electron chi connectivity index (χ0n) is 14.2. The van der Waals surface area contributed by atoms with Crippen LogP contribution in [0.3, 0.4) is 0 Å². The minimum atomic E-state index is 0.388. The maximum absolute atomic E-state index is 5.98. The lowest BCUT2D eigenvalue weighted by molar-refractivity contribution is 0.0295. The molecule has 1 fully saturated rings. The fraction of sp³-hybridized carbons (Fsp3) is 0.684. The molecule has 2 nitrogen and oxygen atoms in total. The normalized spacial score (nSPS) is 17.9. The summed E-state index contributed by atoms with van der Waals surface area (Å²) in [6.07, 6.45) is 7.10. The monoisotopic (exact) mass is 289 g/mol. The van der Waals surface area contributed by atoms with Crippen molar-refractivity contribution in [2.75, 3.05) is 13.2 Å². The Kier molecular flexibility index (Phi) is 6.25. The topological polar surface area (TPSA) is 21.3 Å². The van der Waals surface area contributed by atoms with Crippen LogP contribution in [0.5, 0.6) is 0 Å². The van der Waals surface area contributed by atoms with E-state index in [4.69, 9.17) is 4.74 Å². The van der Waals surface area contributed by atoms with Crippen molar-refractivity contribution in [3.63, 3.8) is 0 Å². The highest BCUT2D eigenvalue weighted by Crippen LogP contribution is 2.22. The molecule has 2 rings (SSSR count). The van der Waals surface area contributed by atoms with Gasteiger partial charge in [-0.1, -0.05) is 31.4 Å². The minimum absolute atomic E-state index is 0.388. The van der Waals surface area contributed by atoms with Crippen LogP contribution < -0.4 is 5.32 Å². The smallest absolute Gasteiger partial charge is 0.0594 e. The van der Waals surface area contributed by atoms with Crippen molar-refractivity contribution in [2.24, 2.45) is 0 Å². The summed E-state index contributed by atoms with van der Waals surface area (Å²) in [5.74, 6) is 0. The number of hydrogen-bond donors (Lipinski definition) is 1.